The summed E-state index contributed by atoms with van der Waals surface area (Å²) in [6.07, 6.45) is 13.1. The molecule has 0 aliphatic carbocycles. The molecule has 0 spiro atoms. The first-order valence-corrected chi connectivity index (χ1v) is 13.2. The largest absolute Gasteiger partial charge is 0.370 e. The smallest absolute Gasteiger partial charge is 0.219 e. The number of pyridine rings is 1. The molecule has 0 unspecified atom stereocenters. The van der Waals surface area contributed by atoms with Gasteiger partial charge in [0.1, 0.15) is 11.2 Å². The van der Waals surface area contributed by atoms with Crippen LogP contribution in [0.25, 0.3) is 11.2 Å². The molecule has 5 rings (SSSR count). The van der Waals surface area contributed by atoms with Crippen LogP contribution >= 0.6 is 0 Å². The summed E-state index contributed by atoms with van der Waals surface area (Å²) in [6, 6.07) is 6.01. The summed E-state index contributed by atoms with van der Waals surface area (Å²) in [5, 5.41) is 4.70. The lowest BCUT2D eigenvalue weighted by atomic mass is 9.95. The predicted octanol–water partition coefficient (Wildman–Crippen LogP) is 3.85. The molecule has 0 saturated carbocycles. The SMILES string of the molecule is C/C=C(\N=c1\ccc(N2CCC(CN3CCCCC3)CC2)cn1C=O)c1cc2c(C)nc(C)cn2n1. The molecule has 3 aromatic heterocycles. The molecule has 0 amide bonds. The normalized spacial score (nSPS) is 18.8. The summed E-state index contributed by atoms with van der Waals surface area (Å²) in [5.41, 5.74) is 5.93. The molecule has 3 aromatic rings. The Balaban J connectivity index is 1.32. The van der Waals surface area contributed by atoms with Gasteiger partial charge in [0, 0.05) is 25.8 Å². The third-order valence-electron chi connectivity index (χ3n) is 7.53. The monoisotopic (exact) mass is 487 g/mol. The van der Waals surface area contributed by atoms with Crippen LogP contribution in [-0.2, 0) is 4.79 Å². The Morgan fingerprint density at radius 3 is 2.58 bits per heavy atom. The highest BCUT2D eigenvalue weighted by Crippen LogP contribution is 2.24. The number of hydrogen-bond acceptors (Lipinski definition) is 6. The number of anilines is 1. The molecule has 36 heavy (non-hydrogen) atoms. The van der Waals surface area contributed by atoms with E-state index >= 15 is 0 Å². The van der Waals surface area contributed by atoms with Crippen molar-refractivity contribution in [3.8, 4) is 0 Å². The summed E-state index contributed by atoms with van der Waals surface area (Å²) in [7, 11) is 0. The zero-order chi connectivity index (χ0) is 25.1. The number of likely N-dealkylation sites (tertiary alicyclic amines) is 1. The number of aryl methyl sites for hydroxylation is 2. The molecule has 0 radical (unpaired) electrons. The summed E-state index contributed by atoms with van der Waals surface area (Å²) in [4.78, 5) is 26.4. The fourth-order valence-corrected chi connectivity index (χ4v) is 5.55. The number of rotatable bonds is 6. The minimum absolute atomic E-state index is 0.588. The Labute approximate surface area is 213 Å². The summed E-state index contributed by atoms with van der Waals surface area (Å²) in [5.74, 6) is 0.775. The van der Waals surface area contributed by atoms with Crippen molar-refractivity contribution in [1.82, 2.24) is 24.1 Å². The van der Waals surface area contributed by atoms with Crippen LogP contribution in [0.3, 0.4) is 0 Å². The lowest BCUT2D eigenvalue weighted by Crippen LogP contribution is -2.40. The third-order valence-corrected chi connectivity index (χ3v) is 7.53. The number of aromatic nitrogens is 4. The van der Waals surface area contributed by atoms with Gasteiger partial charge in [0.2, 0.25) is 6.41 Å². The van der Waals surface area contributed by atoms with Crippen LogP contribution < -0.4 is 10.4 Å². The lowest BCUT2D eigenvalue weighted by molar-refractivity contribution is 0.181. The molecule has 0 N–H and O–H groups in total. The van der Waals surface area contributed by atoms with Gasteiger partial charge in [-0.15, -0.1) is 0 Å². The average molecular weight is 488 g/mol. The second-order valence-electron chi connectivity index (χ2n) is 10.2. The van der Waals surface area contributed by atoms with E-state index in [2.05, 4.69) is 20.9 Å². The van der Waals surface area contributed by atoms with Gasteiger partial charge in [0.05, 0.1) is 34.5 Å². The molecule has 2 aliphatic heterocycles. The Bertz CT molecular complexity index is 1320. The average Bonchev–Trinajstić information content (AvgIpc) is 3.32. The topological polar surface area (TPSA) is 71.0 Å². The lowest BCUT2D eigenvalue weighted by Gasteiger charge is -2.37. The van der Waals surface area contributed by atoms with Crippen molar-refractivity contribution in [1.29, 1.82) is 0 Å². The predicted molar refractivity (Wildman–Crippen MR) is 143 cm³/mol. The minimum atomic E-state index is 0.588. The Hall–Kier alpha value is -3.26. The first-order valence-electron chi connectivity index (χ1n) is 13.2. The second kappa shape index (κ2) is 10.8. The first-order chi connectivity index (χ1) is 17.5. The van der Waals surface area contributed by atoms with Gasteiger partial charge in [-0.1, -0.05) is 12.5 Å². The number of piperidine rings is 2. The van der Waals surface area contributed by atoms with E-state index in [1.807, 2.05) is 55.9 Å². The van der Waals surface area contributed by atoms with Crippen LogP contribution in [0.1, 0.15) is 56.1 Å². The number of carbonyl (C=O) groups excluding carboxylic acids is 1. The van der Waals surface area contributed by atoms with Gasteiger partial charge in [-0.3, -0.25) is 14.3 Å². The highest BCUT2D eigenvalue weighted by Gasteiger charge is 2.22. The number of hydrogen-bond donors (Lipinski definition) is 0. The molecule has 8 nitrogen and oxygen atoms in total. The highest BCUT2D eigenvalue weighted by atomic mass is 16.1. The van der Waals surface area contributed by atoms with Crippen LogP contribution in [0, 0.1) is 19.8 Å². The maximum Gasteiger partial charge on any atom is 0.219 e. The van der Waals surface area contributed by atoms with Crippen LogP contribution in [0.2, 0.25) is 0 Å². The molecular formula is C28H37N7O. The van der Waals surface area contributed by atoms with Crippen LogP contribution in [0.4, 0.5) is 5.69 Å². The molecule has 2 saturated heterocycles. The number of fused-ring (bicyclic) bond motifs is 1. The fraction of sp³-hybridized carbons (Fsp3) is 0.500. The second-order valence-corrected chi connectivity index (χ2v) is 10.2. The van der Waals surface area contributed by atoms with Gasteiger partial charge >= 0.3 is 0 Å². The van der Waals surface area contributed by atoms with E-state index in [0.717, 1.165) is 59.4 Å². The fourth-order valence-electron chi connectivity index (χ4n) is 5.55. The zero-order valence-corrected chi connectivity index (χ0v) is 21.7. The van der Waals surface area contributed by atoms with E-state index in [1.165, 1.54) is 51.7 Å². The van der Waals surface area contributed by atoms with Crippen molar-refractivity contribution in [2.75, 3.05) is 37.6 Å². The van der Waals surface area contributed by atoms with Crippen molar-refractivity contribution in [3.63, 3.8) is 0 Å². The summed E-state index contributed by atoms with van der Waals surface area (Å²) >= 11 is 0. The Morgan fingerprint density at radius 2 is 1.86 bits per heavy atom. The molecule has 0 aromatic carbocycles. The van der Waals surface area contributed by atoms with Gasteiger partial charge < -0.3 is 9.80 Å². The van der Waals surface area contributed by atoms with Crippen molar-refractivity contribution in [2.24, 2.45) is 10.9 Å². The first kappa shape index (κ1) is 24.4. The molecule has 0 atom stereocenters. The van der Waals surface area contributed by atoms with E-state index < -0.39 is 0 Å². The molecule has 5 heterocycles. The molecule has 190 valence electrons. The number of allylic oxidation sites excluding steroid dienone is 1. The molecular weight excluding hydrogens is 450 g/mol. The van der Waals surface area contributed by atoms with Crippen molar-refractivity contribution in [3.05, 3.63) is 59.2 Å². The summed E-state index contributed by atoms with van der Waals surface area (Å²) in [6.45, 7) is 11.7. The molecule has 0 bridgehead atoms. The third kappa shape index (κ3) is 5.28. The molecule has 2 fully saturated rings. The van der Waals surface area contributed by atoms with E-state index in [-0.39, 0.29) is 0 Å². The zero-order valence-electron chi connectivity index (χ0n) is 21.7. The highest BCUT2D eigenvalue weighted by molar-refractivity contribution is 5.67. The van der Waals surface area contributed by atoms with Crippen LogP contribution in [0.5, 0.6) is 0 Å². The minimum Gasteiger partial charge on any atom is -0.370 e. The van der Waals surface area contributed by atoms with Gasteiger partial charge in [0.25, 0.3) is 0 Å². The number of nitrogens with zero attached hydrogens (tertiary/aromatic N) is 7. The van der Waals surface area contributed by atoms with Gasteiger partial charge in [0.15, 0.2) is 0 Å². The quantitative estimate of drug-likeness (QED) is 0.494. The van der Waals surface area contributed by atoms with Gasteiger partial charge in [-0.25, -0.2) is 9.51 Å². The van der Waals surface area contributed by atoms with E-state index in [0.29, 0.717) is 5.49 Å². The van der Waals surface area contributed by atoms with Gasteiger partial charge in [-0.2, -0.15) is 5.10 Å². The van der Waals surface area contributed by atoms with Crippen LogP contribution in [0.15, 0.2) is 41.7 Å². The summed E-state index contributed by atoms with van der Waals surface area (Å²) < 4.78 is 3.42. The van der Waals surface area contributed by atoms with Crippen LogP contribution in [-0.4, -0.2) is 63.2 Å². The number of carbonyl (C=O) groups is 1. The van der Waals surface area contributed by atoms with Crippen molar-refractivity contribution >= 4 is 23.3 Å². The van der Waals surface area contributed by atoms with Crippen molar-refractivity contribution in [2.45, 2.75) is 52.9 Å². The molecule has 8 heteroatoms. The Morgan fingerprint density at radius 1 is 1.08 bits per heavy atom. The standard InChI is InChI=1S/C28H37N7O/c1-4-25(26-16-27-22(3)29-21(2)17-35(27)31-26)30-28-9-8-24(19-34(28)20-36)33-14-10-23(11-15-33)18-32-12-6-5-7-13-32/h4,8-9,16-17,19-20,23H,5-7,10-15,18H2,1-3H3/b25-4-,30-28-. The van der Waals surface area contributed by atoms with E-state index in [1.54, 1.807) is 4.57 Å². The van der Waals surface area contributed by atoms with Crippen molar-refractivity contribution < 1.29 is 4.79 Å². The Kier molecular flexibility index (Phi) is 7.32. The maximum absolute atomic E-state index is 12.0. The molecule has 2 aliphatic rings. The van der Waals surface area contributed by atoms with E-state index in [4.69, 9.17) is 10.1 Å². The van der Waals surface area contributed by atoms with Gasteiger partial charge in [-0.05, 0) is 83.7 Å². The van der Waals surface area contributed by atoms with E-state index in [9.17, 15) is 4.79 Å². The maximum atomic E-state index is 12.0.